The molecule has 0 unspecified atom stereocenters. The zero-order valence-electron chi connectivity index (χ0n) is 19.4. The third kappa shape index (κ3) is 4.23. The van der Waals surface area contributed by atoms with Gasteiger partial charge in [-0.25, -0.2) is 0 Å². The summed E-state index contributed by atoms with van der Waals surface area (Å²) in [4.78, 5) is 30.5. The Morgan fingerprint density at radius 2 is 1.65 bits per heavy atom. The van der Waals surface area contributed by atoms with Crippen molar-refractivity contribution in [3.63, 3.8) is 0 Å². The summed E-state index contributed by atoms with van der Waals surface area (Å²) in [5, 5.41) is 22.3. The number of hydrogen-bond acceptors (Lipinski definition) is 5. The molecule has 8 heteroatoms. The summed E-state index contributed by atoms with van der Waals surface area (Å²) in [5.41, 5.74) is 0.823. The predicted molar refractivity (Wildman–Crippen MR) is 128 cm³/mol. The Kier molecular flexibility index (Phi) is 5.94. The highest BCUT2D eigenvalue weighted by molar-refractivity contribution is 6.31. The molecule has 4 fully saturated rings. The molecule has 1 heterocycles. The number of anilines is 1. The SMILES string of the molecule is N#CC1(NC(=O)[C@@H]2CCCC[C@H]2C(=O)N2CCN(c3ccc(C4(C#N)CC4)c(Cl)c3)CC2)CC1. The van der Waals surface area contributed by atoms with Gasteiger partial charge in [-0.15, -0.1) is 0 Å². The first kappa shape index (κ1) is 23.0. The van der Waals surface area contributed by atoms with Crippen molar-refractivity contribution in [2.24, 2.45) is 11.8 Å². The number of benzene rings is 1. The van der Waals surface area contributed by atoms with Crippen molar-refractivity contribution in [1.82, 2.24) is 10.2 Å². The summed E-state index contributed by atoms with van der Waals surface area (Å²) < 4.78 is 0. The standard InChI is InChI=1S/C26H30ClN5O2/c27-22-15-18(5-6-21(22)25(16-28)7-8-25)31-11-13-32(14-12-31)24(34)20-4-2-1-3-19(20)23(33)30-26(17-29)9-10-26/h5-6,15,19-20H,1-4,7-14H2,(H,30,33)/t19-,20-/m1/s1. The Morgan fingerprint density at radius 3 is 2.21 bits per heavy atom. The van der Waals surface area contributed by atoms with Crippen LogP contribution in [0.4, 0.5) is 5.69 Å². The van der Waals surface area contributed by atoms with Crippen LogP contribution in [0.1, 0.15) is 56.9 Å². The molecular weight excluding hydrogens is 450 g/mol. The van der Waals surface area contributed by atoms with E-state index in [0.717, 1.165) is 43.4 Å². The predicted octanol–water partition coefficient (Wildman–Crippen LogP) is 3.52. The molecule has 2 amide bonds. The first-order valence-electron chi connectivity index (χ1n) is 12.4. The first-order valence-corrected chi connectivity index (χ1v) is 12.8. The zero-order valence-corrected chi connectivity index (χ0v) is 20.1. The molecule has 0 radical (unpaired) electrons. The molecule has 7 nitrogen and oxygen atoms in total. The second-order valence-electron chi connectivity index (χ2n) is 10.4. The number of halogens is 1. The van der Waals surface area contributed by atoms with Crippen LogP contribution in [0.2, 0.25) is 5.02 Å². The lowest BCUT2D eigenvalue weighted by molar-refractivity contribution is -0.144. The molecule has 1 saturated heterocycles. The summed E-state index contributed by atoms with van der Waals surface area (Å²) in [6.45, 7) is 2.61. The van der Waals surface area contributed by atoms with Gasteiger partial charge in [0.25, 0.3) is 0 Å². The second-order valence-corrected chi connectivity index (χ2v) is 10.8. The Labute approximate surface area is 205 Å². The highest BCUT2D eigenvalue weighted by atomic mass is 35.5. The third-order valence-electron chi connectivity index (χ3n) is 8.14. The van der Waals surface area contributed by atoms with E-state index in [4.69, 9.17) is 11.6 Å². The van der Waals surface area contributed by atoms with Crippen molar-refractivity contribution in [2.45, 2.75) is 62.3 Å². The Hall–Kier alpha value is -2.77. The Balaban J connectivity index is 1.21. The maximum absolute atomic E-state index is 13.4. The van der Waals surface area contributed by atoms with Crippen LogP contribution in [0.15, 0.2) is 18.2 Å². The van der Waals surface area contributed by atoms with E-state index in [1.54, 1.807) is 0 Å². The minimum Gasteiger partial charge on any atom is -0.368 e. The van der Waals surface area contributed by atoms with Gasteiger partial charge in [0.2, 0.25) is 11.8 Å². The van der Waals surface area contributed by atoms with Gasteiger partial charge in [-0.1, -0.05) is 30.5 Å². The fourth-order valence-corrected chi connectivity index (χ4v) is 5.89. The normalized spacial score (nSPS) is 26.7. The number of nitriles is 2. The van der Waals surface area contributed by atoms with Gasteiger partial charge in [0.1, 0.15) is 5.54 Å². The molecule has 1 aromatic rings. The molecule has 5 rings (SSSR count). The summed E-state index contributed by atoms with van der Waals surface area (Å²) in [7, 11) is 0. The highest BCUT2D eigenvalue weighted by Crippen LogP contribution is 2.50. The number of piperazine rings is 1. The minimum atomic E-state index is -0.697. The maximum Gasteiger partial charge on any atom is 0.226 e. The lowest BCUT2D eigenvalue weighted by Crippen LogP contribution is -2.53. The van der Waals surface area contributed by atoms with Gasteiger partial charge in [0.05, 0.1) is 17.6 Å². The average Bonchev–Trinajstić information content (AvgIpc) is 3.80. The Bertz CT molecular complexity index is 1070. The summed E-state index contributed by atoms with van der Waals surface area (Å²) in [6.07, 6.45) is 6.46. The molecule has 0 spiro atoms. The molecule has 3 aliphatic carbocycles. The summed E-state index contributed by atoms with van der Waals surface area (Å²) >= 11 is 6.54. The van der Waals surface area contributed by atoms with Crippen molar-refractivity contribution in [2.75, 3.05) is 31.1 Å². The van der Waals surface area contributed by atoms with E-state index in [9.17, 15) is 20.1 Å². The number of hydrogen-bond donors (Lipinski definition) is 1. The van der Waals surface area contributed by atoms with Crippen LogP contribution in [0.5, 0.6) is 0 Å². The molecule has 1 aliphatic heterocycles. The van der Waals surface area contributed by atoms with Crippen molar-refractivity contribution in [1.29, 1.82) is 10.5 Å². The summed E-state index contributed by atoms with van der Waals surface area (Å²) in [5.74, 6) is -0.703. The molecular formula is C26H30ClN5O2. The lowest BCUT2D eigenvalue weighted by atomic mass is 9.77. The zero-order chi connectivity index (χ0) is 23.9. The molecule has 34 heavy (non-hydrogen) atoms. The number of carbonyl (C=O) groups excluding carboxylic acids is 2. The second kappa shape index (κ2) is 8.78. The number of nitrogens with zero attached hydrogens (tertiary/aromatic N) is 4. The van der Waals surface area contributed by atoms with Gasteiger partial charge in [0.15, 0.2) is 0 Å². The van der Waals surface area contributed by atoms with Crippen molar-refractivity contribution < 1.29 is 9.59 Å². The van der Waals surface area contributed by atoms with Crippen LogP contribution in [0, 0.1) is 34.5 Å². The average molecular weight is 480 g/mol. The number of rotatable bonds is 5. The van der Waals surface area contributed by atoms with Crippen molar-refractivity contribution >= 4 is 29.1 Å². The van der Waals surface area contributed by atoms with E-state index in [1.165, 1.54) is 0 Å². The van der Waals surface area contributed by atoms with Crippen LogP contribution in [0.3, 0.4) is 0 Å². The Morgan fingerprint density at radius 1 is 0.971 bits per heavy atom. The van der Waals surface area contributed by atoms with E-state index in [0.29, 0.717) is 50.5 Å². The topological polar surface area (TPSA) is 100 Å². The molecule has 3 saturated carbocycles. The van der Waals surface area contributed by atoms with Gasteiger partial charge in [-0.3, -0.25) is 9.59 Å². The maximum atomic E-state index is 13.4. The minimum absolute atomic E-state index is 0.0689. The van der Waals surface area contributed by atoms with Crippen LogP contribution >= 0.6 is 11.6 Å². The van der Waals surface area contributed by atoms with Gasteiger partial charge in [-0.05, 0) is 56.2 Å². The summed E-state index contributed by atoms with van der Waals surface area (Å²) in [6, 6.07) is 10.6. The smallest absolute Gasteiger partial charge is 0.226 e. The number of amides is 2. The largest absolute Gasteiger partial charge is 0.368 e. The van der Waals surface area contributed by atoms with Crippen LogP contribution in [-0.2, 0) is 15.0 Å². The van der Waals surface area contributed by atoms with E-state index in [-0.39, 0.29) is 23.7 Å². The monoisotopic (exact) mass is 479 g/mol. The highest BCUT2D eigenvalue weighted by Gasteiger charge is 2.48. The first-order chi connectivity index (χ1) is 16.4. The van der Waals surface area contributed by atoms with E-state index >= 15 is 0 Å². The van der Waals surface area contributed by atoms with Crippen molar-refractivity contribution in [3.8, 4) is 12.1 Å². The van der Waals surface area contributed by atoms with E-state index in [2.05, 4.69) is 22.4 Å². The molecule has 0 bridgehead atoms. The molecule has 2 atom stereocenters. The molecule has 1 N–H and O–H groups in total. The van der Waals surface area contributed by atoms with Gasteiger partial charge >= 0.3 is 0 Å². The van der Waals surface area contributed by atoms with E-state index < -0.39 is 11.0 Å². The van der Waals surface area contributed by atoms with Crippen LogP contribution in [-0.4, -0.2) is 48.4 Å². The van der Waals surface area contributed by atoms with Crippen molar-refractivity contribution in [3.05, 3.63) is 28.8 Å². The molecule has 1 aromatic carbocycles. The van der Waals surface area contributed by atoms with Crippen LogP contribution in [0.25, 0.3) is 0 Å². The molecule has 178 valence electrons. The van der Waals surface area contributed by atoms with Crippen LogP contribution < -0.4 is 10.2 Å². The van der Waals surface area contributed by atoms with Gasteiger partial charge in [0, 0.05) is 48.7 Å². The molecule has 0 aromatic heterocycles. The van der Waals surface area contributed by atoms with Gasteiger partial charge in [-0.2, -0.15) is 10.5 Å². The fraction of sp³-hybridized carbons (Fsp3) is 0.615. The third-order valence-corrected chi connectivity index (χ3v) is 8.45. The number of carbonyl (C=O) groups is 2. The fourth-order valence-electron chi connectivity index (χ4n) is 5.53. The molecule has 4 aliphatic rings. The number of nitrogens with one attached hydrogen (secondary N) is 1. The van der Waals surface area contributed by atoms with Gasteiger partial charge < -0.3 is 15.1 Å². The van der Waals surface area contributed by atoms with E-state index in [1.807, 2.05) is 23.1 Å². The lowest BCUT2D eigenvalue weighted by Gasteiger charge is -2.40. The quantitative estimate of drug-likeness (QED) is 0.696.